The molecule has 0 saturated heterocycles. The highest BCUT2D eigenvalue weighted by Crippen LogP contribution is 2.30. The summed E-state index contributed by atoms with van der Waals surface area (Å²) in [5, 5.41) is 0. The van der Waals surface area contributed by atoms with Gasteiger partial charge in [0.25, 0.3) is 0 Å². The molecule has 1 saturated carbocycles. The molecule has 0 bridgehead atoms. The van der Waals surface area contributed by atoms with Crippen molar-refractivity contribution in [2.45, 2.75) is 51.6 Å². The van der Waals surface area contributed by atoms with E-state index in [-0.39, 0.29) is 29.6 Å². The molecule has 2 aromatic carbocycles. The van der Waals surface area contributed by atoms with E-state index in [1.165, 1.54) is 30.3 Å². The largest absolute Gasteiger partial charge is 0.426 e. The number of ether oxygens (including phenoxy) is 2. The van der Waals surface area contributed by atoms with Crippen LogP contribution in [-0.4, -0.2) is 18.7 Å². The summed E-state index contributed by atoms with van der Waals surface area (Å²) in [6.07, 6.45) is 5.54. The second kappa shape index (κ2) is 9.78. The summed E-state index contributed by atoms with van der Waals surface area (Å²) in [7, 11) is 0. The molecule has 0 radical (unpaired) electrons. The van der Waals surface area contributed by atoms with Crippen LogP contribution in [0.15, 0.2) is 42.5 Å². The third kappa shape index (κ3) is 5.38. The molecule has 0 atom stereocenters. The quantitative estimate of drug-likeness (QED) is 0.336. The molecule has 2 aromatic rings. The van der Waals surface area contributed by atoms with Crippen LogP contribution in [0.5, 0.6) is 5.75 Å². The molecule has 1 fully saturated rings. The first-order chi connectivity index (χ1) is 13.6. The predicted molar refractivity (Wildman–Crippen MR) is 104 cm³/mol. The van der Waals surface area contributed by atoms with Crippen molar-refractivity contribution in [1.82, 2.24) is 0 Å². The van der Waals surface area contributed by atoms with Crippen LogP contribution in [0.1, 0.15) is 45.4 Å². The van der Waals surface area contributed by atoms with Crippen molar-refractivity contribution in [1.29, 1.82) is 0 Å². The van der Waals surface area contributed by atoms with Gasteiger partial charge in [0.2, 0.25) is 0 Å². The van der Waals surface area contributed by atoms with Gasteiger partial charge in [0.15, 0.2) is 0 Å². The van der Waals surface area contributed by atoms with E-state index in [9.17, 15) is 13.6 Å². The highest BCUT2D eigenvalue weighted by atomic mass is 19.1. The van der Waals surface area contributed by atoms with Gasteiger partial charge in [0, 0.05) is 18.2 Å². The van der Waals surface area contributed by atoms with E-state index in [1.807, 2.05) is 0 Å². The van der Waals surface area contributed by atoms with Gasteiger partial charge in [0.1, 0.15) is 17.4 Å². The predicted octanol–water partition coefficient (Wildman–Crippen LogP) is 5.91. The first kappa shape index (κ1) is 20.5. The van der Waals surface area contributed by atoms with E-state index in [2.05, 4.69) is 6.92 Å². The van der Waals surface area contributed by atoms with Crippen molar-refractivity contribution in [2.24, 2.45) is 5.92 Å². The Balaban J connectivity index is 1.55. The summed E-state index contributed by atoms with van der Waals surface area (Å²) in [5.41, 5.74) is 0.905. The summed E-state index contributed by atoms with van der Waals surface area (Å²) in [6.45, 7) is 2.90. The first-order valence-electron chi connectivity index (χ1n) is 9.95. The van der Waals surface area contributed by atoms with Gasteiger partial charge in [-0.2, -0.15) is 0 Å². The van der Waals surface area contributed by atoms with Crippen molar-refractivity contribution < 1.29 is 23.0 Å². The van der Waals surface area contributed by atoms with Gasteiger partial charge in [-0.05, 0) is 61.9 Å². The summed E-state index contributed by atoms with van der Waals surface area (Å²) in [6, 6.07) is 9.91. The Morgan fingerprint density at radius 3 is 2.39 bits per heavy atom. The number of benzene rings is 2. The van der Waals surface area contributed by atoms with Crippen LogP contribution >= 0.6 is 0 Å². The van der Waals surface area contributed by atoms with Crippen LogP contribution in [0.25, 0.3) is 11.1 Å². The maximum atomic E-state index is 14.4. The molecule has 0 N–H and O–H groups in total. The molecule has 0 spiro atoms. The zero-order chi connectivity index (χ0) is 19.9. The molecular formula is C23H26F2O3. The fourth-order valence-electron chi connectivity index (χ4n) is 3.48. The third-order valence-electron chi connectivity index (χ3n) is 5.17. The van der Waals surface area contributed by atoms with Crippen LogP contribution in [-0.2, 0) is 9.53 Å². The van der Waals surface area contributed by atoms with E-state index < -0.39 is 5.82 Å². The fraction of sp³-hybridized carbons (Fsp3) is 0.435. The molecule has 1 aliphatic carbocycles. The normalized spacial score (nSPS) is 19.4. The van der Waals surface area contributed by atoms with Gasteiger partial charge in [-0.15, -0.1) is 0 Å². The average Bonchev–Trinajstić information content (AvgIpc) is 2.70. The number of esters is 1. The van der Waals surface area contributed by atoms with E-state index in [0.29, 0.717) is 11.1 Å². The Bertz CT molecular complexity index is 781. The monoisotopic (exact) mass is 388 g/mol. The Morgan fingerprint density at radius 2 is 1.75 bits per heavy atom. The highest BCUT2D eigenvalue weighted by Gasteiger charge is 2.28. The van der Waals surface area contributed by atoms with Crippen molar-refractivity contribution in [3.8, 4) is 16.9 Å². The minimum atomic E-state index is -0.509. The minimum Gasteiger partial charge on any atom is -0.426 e. The molecule has 0 amide bonds. The number of hydrogen-bond acceptors (Lipinski definition) is 3. The molecular weight excluding hydrogens is 362 g/mol. The third-order valence-corrected chi connectivity index (χ3v) is 5.17. The zero-order valence-corrected chi connectivity index (χ0v) is 16.1. The molecule has 0 unspecified atom stereocenters. The smallest absolute Gasteiger partial charge is 0.314 e. The molecule has 3 nitrogen and oxygen atoms in total. The number of unbranched alkanes of at least 4 members (excludes halogenated alkanes) is 1. The van der Waals surface area contributed by atoms with Crippen molar-refractivity contribution >= 4 is 5.97 Å². The van der Waals surface area contributed by atoms with E-state index in [0.717, 1.165) is 45.1 Å². The maximum Gasteiger partial charge on any atom is 0.314 e. The molecule has 150 valence electrons. The Kier molecular flexibility index (Phi) is 7.15. The summed E-state index contributed by atoms with van der Waals surface area (Å²) >= 11 is 0. The number of hydrogen-bond donors (Lipinski definition) is 0. The zero-order valence-electron chi connectivity index (χ0n) is 16.1. The SMILES string of the molecule is CCCCOC1CCC(C(=O)Oc2ccc(-c3ccc(F)cc3)c(F)c2)CC1. The Labute approximate surface area is 164 Å². The topological polar surface area (TPSA) is 35.5 Å². The van der Waals surface area contributed by atoms with Crippen molar-refractivity contribution in [3.63, 3.8) is 0 Å². The van der Waals surface area contributed by atoms with Crippen molar-refractivity contribution in [3.05, 3.63) is 54.1 Å². The molecule has 3 rings (SSSR count). The van der Waals surface area contributed by atoms with Gasteiger partial charge in [0.05, 0.1) is 12.0 Å². The lowest BCUT2D eigenvalue weighted by molar-refractivity contribution is -0.141. The van der Waals surface area contributed by atoms with Gasteiger partial charge in [-0.3, -0.25) is 4.79 Å². The van der Waals surface area contributed by atoms with Gasteiger partial charge in [-0.1, -0.05) is 25.5 Å². The number of rotatable bonds is 7. The molecule has 5 heteroatoms. The van der Waals surface area contributed by atoms with Gasteiger partial charge in [-0.25, -0.2) is 8.78 Å². The van der Waals surface area contributed by atoms with E-state index in [1.54, 1.807) is 12.1 Å². The molecule has 0 aliphatic heterocycles. The van der Waals surface area contributed by atoms with Crippen molar-refractivity contribution in [2.75, 3.05) is 6.61 Å². The lowest BCUT2D eigenvalue weighted by Crippen LogP contribution is -2.29. The highest BCUT2D eigenvalue weighted by molar-refractivity contribution is 5.75. The summed E-state index contributed by atoms with van der Waals surface area (Å²) in [5.74, 6) is -1.19. The number of carbonyl (C=O) groups excluding carboxylic acids is 1. The summed E-state index contributed by atoms with van der Waals surface area (Å²) < 4.78 is 38.7. The number of halogens is 2. The van der Waals surface area contributed by atoms with Crippen LogP contribution < -0.4 is 4.74 Å². The summed E-state index contributed by atoms with van der Waals surface area (Å²) in [4.78, 5) is 12.4. The lowest BCUT2D eigenvalue weighted by Gasteiger charge is -2.27. The number of carbonyl (C=O) groups is 1. The second-order valence-corrected chi connectivity index (χ2v) is 7.27. The van der Waals surface area contributed by atoms with Crippen LogP contribution in [0.3, 0.4) is 0 Å². The van der Waals surface area contributed by atoms with E-state index in [4.69, 9.17) is 9.47 Å². The Hall–Kier alpha value is -2.27. The fourth-order valence-corrected chi connectivity index (χ4v) is 3.48. The molecule has 1 aliphatic rings. The van der Waals surface area contributed by atoms with Gasteiger partial charge >= 0.3 is 5.97 Å². The van der Waals surface area contributed by atoms with Crippen LogP contribution in [0.4, 0.5) is 8.78 Å². The second-order valence-electron chi connectivity index (χ2n) is 7.27. The average molecular weight is 388 g/mol. The molecule has 28 heavy (non-hydrogen) atoms. The van der Waals surface area contributed by atoms with E-state index >= 15 is 0 Å². The molecule has 0 heterocycles. The minimum absolute atomic E-state index is 0.175. The van der Waals surface area contributed by atoms with Crippen LogP contribution in [0.2, 0.25) is 0 Å². The van der Waals surface area contributed by atoms with Crippen LogP contribution in [0, 0.1) is 17.6 Å². The Morgan fingerprint density at radius 1 is 1.04 bits per heavy atom. The first-order valence-corrected chi connectivity index (χ1v) is 9.95. The standard InChI is InChI=1S/C23H26F2O3/c1-2-3-14-27-19-10-6-17(7-11-19)23(26)28-20-12-13-21(22(25)15-20)16-4-8-18(24)9-5-16/h4-5,8-9,12-13,15,17,19H,2-3,6-7,10-11,14H2,1H3. The van der Waals surface area contributed by atoms with Gasteiger partial charge < -0.3 is 9.47 Å². The molecule has 0 aromatic heterocycles. The maximum absolute atomic E-state index is 14.4. The lowest BCUT2D eigenvalue weighted by atomic mass is 9.87.